The molecular formula is C21H25N3O3. The van der Waals surface area contributed by atoms with Crippen molar-refractivity contribution < 1.29 is 14.3 Å². The number of amides is 3. The standard InChI is InChI=1S/C21H25N3O3/c1-3-16-15-17(9-10-19(16)27-2)20(25)23-11-13-24(14-12-23)21(26)22-18-7-5-4-6-8-18/h4-10,15H,3,11-14H2,1-2H3,(H,22,26). The van der Waals surface area contributed by atoms with Gasteiger partial charge in [0.2, 0.25) is 0 Å². The fourth-order valence-corrected chi connectivity index (χ4v) is 3.21. The molecule has 0 spiro atoms. The molecule has 1 aliphatic heterocycles. The van der Waals surface area contributed by atoms with Gasteiger partial charge in [-0.1, -0.05) is 25.1 Å². The molecule has 3 rings (SSSR count). The summed E-state index contributed by atoms with van der Waals surface area (Å²) in [6.45, 7) is 4.11. The molecule has 6 heteroatoms. The second kappa shape index (κ2) is 8.58. The molecule has 1 N–H and O–H groups in total. The van der Waals surface area contributed by atoms with Gasteiger partial charge in [0.05, 0.1) is 7.11 Å². The zero-order chi connectivity index (χ0) is 19.2. The lowest BCUT2D eigenvalue weighted by Gasteiger charge is -2.34. The molecule has 0 unspecified atom stereocenters. The smallest absolute Gasteiger partial charge is 0.321 e. The van der Waals surface area contributed by atoms with Crippen LogP contribution in [0.15, 0.2) is 48.5 Å². The summed E-state index contributed by atoms with van der Waals surface area (Å²) >= 11 is 0. The van der Waals surface area contributed by atoms with Gasteiger partial charge in [0.25, 0.3) is 5.91 Å². The molecule has 0 aliphatic carbocycles. The highest BCUT2D eigenvalue weighted by atomic mass is 16.5. The van der Waals surface area contributed by atoms with E-state index in [9.17, 15) is 9.59 Å². The monoisotopic (exact) mass is 367 g/mol. The van der Waals surface area contributed by atoms with E-state index in [0.29, 0.717) is 31.7 Å². The van der Waals surface area contributed by atoms with Crippen LogP contribution in [0.2, 0.25) is 0 Å². The number of urea groups is 1. The maximum Gasteiger partial charge on any atom is 0.321 e. The van der Waals surface area contributed by atoms with Gasteiger partial charge in [0.1, 0.15) is 5.75 Å². The molecular weight excluding hydrogens is 342 g/mol. The molecule has 6 nitrogen and oxygen atoms in total. The van der Waals surface area contributed by atoms with Gasteiger partial charge in [-0.05, 0) is 42.3 Å². The van der Waals surface area contributed by atoms with E-state index in [2.05, 4.69) is 5.32 Å². The average Bonchev–Trinajstić information content (AvgIpc) is 2.73. The number of ether oxygens (including phenoxy) is 1. The number of methoxy groups -OCH3 is 1. The zero-order valence-electron chi connectivity index (χ0n) is 15.8. The number of para-hydroxylation sites is 1. The number of nitrogens with zero attached hydrogens (tertiary/aromatic N) is 2. The van der Waals surface area contributed by atoms with Gasteiger partial charge < -0.3 is 19.9 Å². The van der Waals surface area contributed by atoms with Crippen LogP contribution < -0.4 is 10.1 Å². The van der Waals surface area contributed by atoms with Crippen LogP contribution in [0.4, 0.5) is 10.5 Å². The van der Waals surface area contributed by atoms with Crippen molar-refractivity contribution in [1.29, 1.82) is 0 Å². The molecule has 3 amide bonds. The van der Waals surface area contributed by atoms with Crippen LogP contribution in [0.3, 0.4) is 0 Å². The molecule has 142 valence electrons. The van der Waals surface area contributed by atoms with Gasteiger partial charge in [-0.3, -0.25) is 4.79 Å². The van der Waals surface area contributed by atoms with Crippen LogP contribution in [-0.4, -0.2) is 55.0 Å². The first-order valence-electron chi connectivity index (χ1n) is 9.19. The Kier molecular flexibility index (Phi) is 5.96. The Balaban J connectivity index is 1.58. The Morgan fingerprint density at radius 2 is 1.67 bits per heavy atom. The van der Waals surface area contributed by atoms with Gasteiger partial charge in [-0.15, -0.1) is 0 Å². The summed E-state index contributed by atoms with van der Waals surface area (Å²) in [6, 6.07) is 14.8. The quantitative estimate of drug-likeness (QED) is 0.902. The molecule has 27 heavy (non-hydrogen) atoms. The minimum absolute atomic E-state index is 0.00419. The summed E-state index contributed by atoms with van der Waals surface area (Å²) in [5.41, 5.74) is 2.45. The number of hydrogen-bond acceptors (Lipinski definition) is 3. The van der Waals surface area contributed by atoms with Crippen molar-refractivity contribution >= 4 is 17.6 Å². The lowest BCUT2D eigenvalue weighted by molar-refractivity contribution is 0.0671. The van der Waals surface area contributed by atoms with Crippen molar-refractivity contribution in [2.24, 2.45) is 0 Å². The van der Waals surface area contributed by atoms with Gasteiger partial charge in [-0.2, -0.15) is 0 Å². The molecule has 1 fully saturated rings. The van der Waals surface area contributed by atoms with E-state index < -0.39 is 0 Å². The lowest BCUT2D eigenvalue weighted by atomic mass is 10.1. The number of anilines is 1. The van der Waals surface area contributed by atoms with Crippen molar-refractivity contribution in [2.45, 2.75) is 13.3 Å². The van der Waals surface area contributed by atoms with Gasteiger partial charge in [0.15, 0.2) is 0 Å². The van der Waals surface area contributed by atoms with Crippen LogP contribution in [0.1, 0.15) is 22.8 Å². The normalized spacial score (nSPS) is 14.0. The second-order valence-corrected chi connectivity index (χ2v) is 6.46. The number of aryl methyl sites for hydroxylation is 1. The number of carbonyl (C=O) groups excluding carboxylic acids is 2. The number of piperazine rings is 1. The average molecular weight is 367 g/mol. The van der Waals surface area contributed by atoms with Crippen molar-refractivity contribution in [2.75, 3.05) is 38.6 Å². The highest BCUT2D eigenvalue weighted by Gasteiger charge is 2.25. The van der Waals surface area contributed by atoms with E-state index in [-0.39, 0.29) is 11.9 Å². The lowest BCUT2D eigenvalue weighted by Crippen LogP contribution is -2.51. The fourth-order valence-electron chi connectivity index (χ4n) is 3.21. The van der Waals surface area contributed by atoms with E-state index in [0.717, 1.165) is 23.4 Å². The Morgan fingerprint density at radius 3 is 2.30 bits per heavy atom. The van der Waals surface area contributed by atoms with E-state index in [4.69, 9.17) is 4.74 Å². The van der Waals surface area contributed by atoms with Crippen LogP contribution in [0.25, 0.3) is 0 Å². The minimum Gasteiger partial charge on any atom is -0.496 e. The summed E-state index contributed by atoms with van der Waals surface area (Å²) in [7, 11) is 1.63. The molecule has 1 aliphatic rings. The molecule has 2 aromatic carbocycles. The summed E-state index contributed by atoms with van der Waals surface area (Å²) in [5.74, 6) is 0.798. The largest absolute Gasteiger partial charge is 0.496 e. The zero-order valence-corrected chi connectivity index (χ0v) is 15.8. The van der Waals surface area contributed by atoms with E-state index in [1.807, 2.05) is 49.4 Å². The summed E-state index contributed by atoms with van der Waals surface area (Å²) in [6.07, 6.45) is 0.803. The van der Waals surface area contributed by atoms with Gasteiger partial charge >= 0.3 is 6.03 Å². The third-order valence-electron chi connectivity index (χ3n) is 4.79. The number of nitrogens with one attached hydrogen (secondary N) is 1. The Hall–Kier alpha value is -3.02. The fraction of sp³-hybridized carbons (Fsp3) is 0.333. The van der Waals surface area contributed by atoms with E-state index in [1.165, 1.54) is 0 Å². The first-order chi connectivity index (χ1) is 13.1. The van der Waals surface area contributed by atoms with Crippen LogP contribution in [0, 0.1) is 0 Å². The Morgan fingerprint density at radius 1 is 1.00 bits per heavy atom. The summed E-state index contributed by atoms with van der Waals surface area (Å²) < 4.78 is 5.33. The number of carbonyl (C=O) groups is 2. The number of benzene rings is 2. The van der Waals surface area contributed by atoms with Crippen LogP contribution in [0.5, 0.6) is 5.75 Å². The molecule has 0 radical (unpaired) electrons. The molecule has 1 saturated heterocycles. The number of rotatable bonds is 4. The first kappa shape index (κ1) is 18.8. The van der Waals surface area contributed by atoms with E-state index in [1.54, 1.807) is 23.0 Å². The summed E-state index contributed by atoms with van der Waals surface area (Å²) in [4.78, 5) is 28.7. The second-order valence-electron chi connectivity index (χ2n) is 6.46. The van der Waals surface area contributed by atoms with Crippen molar-refractivity contribution in [1.82, 2.24) is 9.80 Å². The Labute approximate surface area is 159 Å². The third-order valence-corrected chi connectivity index (χ3v) is 4.79. The van der Waals surface area contributed by atoms with Crippen LogP contribution in [-0.2, 0) is 6.42 Å². The predicted octanol–water partition coefficient (Wildman–Crippen LogP) is 3.25. The molecule has 0 atom stereocenters. The topological polar surface area (TPSA) is 61.9 Å². The maximum absolute atomic E-state index is 12.8. The highest BCUT2D eigenvalue weighted by molar-refractivity contribution is 5.95. The molecule has 0 saturated carbocycles. The van der Waals surface area contributed by atoms with Crippen molar-refractivity contribution in [3.05, 3.63) is 59.7 Å². The number of hydrogen-bond donors (Lipinski definition) is 1. The SMILES string of the molecule is CCc1cc(C(=O)N2CCN(C(=O)Nc3ccccc3)CC2)ccc1OC. The molecule has 1 heterocycles. The Bertz CT molecular complexity index is 800. The first-order valence-corrected chi connectivity index (χ1v) is 9.19. The van der Waals surface area contributed by atoms with Crippen molar-refractivity contribution in [3.8, 4) is 5.75 Å². The van der Waals surface area contributed by atoms with Gasteiger partial charge in [-0.25, -0.2) is 4.79 Å². The van der Waals surface area contributed by atoms with Crippen LogP contribution >= 0.6 is 0 Å². The maximum atomic E-state index is 12.8. The third kappa shape index (κ3) is 4.39. The summed E-state index contributed by atoms with van der Waals surface area (Å²) in [5, 5.41) is 2.88. The predicted molar refractivity (Wildman–Crippen MR) is 105 cm³/mol. The van der Waals surface area contributed by atoms with E-state index >= 15 is 0 Å². The molecule has 2 aromatic rings. The minimum atomic E-state index is -0.133. The highest BCUT2D eigenvalue weighted by Crippen LogP contribution is 2.21. The van der Waals surface area contributed by atoms with Gasteiger partial charge in [0, 0.05) is 37.4 Å². The molecule has 0 bridgehead atoms. The molecule has 0 aromatic heterocycles. The van der Waals surface area contributed by atoms with Crippen molar-refractivity contribution in [3.63, 3.8) is 0 Å².